The van der Waals surface area contributed by atoms with E-state index >= 15 is 0 Å². The molecule has 3 aromatic rings. The molecule has 2 N–H and O–H groups in total. The van der Waals surface area contributed by atoms with Crippen LogP contribution < -0.4 is 14.8 Å². The molecule has 0 radical (unpaired) electrons. The predicted octanol–water partition coefficient (Wildman–Crippen LogP) is 4.21. The summed E-state index contributed by atoms with van der Waals surface area (Å²) < 4.78 is 51.2. The Bertz CT molecular complexity index is 1180. The van der Waals surface area contributed by atoms with Gasteiger partial charge in [0, 0.05) is 24.0 Å². The van der Waals surface area contributed by atoms with Gasteiger partial charge in [0.2, 0.25) is 0 Å². The zero-order valence-electron chi connectivity index (χ0n) is 17.6. The molecule has 0 saturated heterocycles. The Morgan fingerprint density at radius 1 is 0.938 bits per heavy atom. The number of aryl methyl sites for hydroxylation is 1. The monoisotopic (exact) mass is 458 g/mol. The fourth-order valence-corrected chi connectivity index (χ4v) is 3.91. The van der Waals surface area contributed by atoms with Crippen LogP contribution in [-0.4, -0.2) is 34.6 Å². The average Bonchev–Trinajstić information content (AvgIpc) is 2.77. The van der Waals surface area contributed by atoms with Gasteiger partial charge in [0.15, 0.2) is 0 Å². The summed E-state index contributed by atoms with van der Waals surface area (Å²) in [5.41, 5.74) is 1.45. The highest BCUT2D eigenvalue weighted by atomic mass is 32.2. The maximum atomic E-state index is 13.4. The maximum Gasteiger partial charge on any atom is 0.261 e. The Hall–Kier alpha value is -3.43. The molecule has 9 heteroatoms. The second-order valence-electron chi connectivity index (χ2n) is 6.91. The Morgan fingerprint density at radius 3 is 2.22 bits per heavy atom. The number of benzene rings is 3. The van der Waals surface area contributed by atoms with Crippen molar-refractivity contribution in [3.63, 3.8) is 0 Å². The Morgan fingerprint density at radius 2 is 1.59 bits per heavy atom. The number of halogens is 1. The van der Waals surface area contributed by atoms with E-state index in [1.807, 2.05) is 0 Å². The molecule has 7 nitrogen and oxygen atoms in total. The molecule has 32 heavy (non-hydrogen) atoms. The van der Waals surface area contributed by atoms with E-state index in [-0.39, 0.29) is 22.1 Å². The van der Waals surface area contributed by atoms with E-state index in [0.717, 1.165) is 6.07 Å². The van der Waals surface area contributed by atoms with Crippen LogP contribution in [-0.2, 0) is 14.8 Å². The number of methoxy groups -OCH3 is 1. The lowest BCUT2D eigenvalue weighted by Gasteiger charge is -2.10. The van der Waals surface area contributed by atoms with Gasteiger partial charge in [-0.15, -0.1) is 0 Å². The minimum absolute atomic E-state index is 0.0483. The van der Waals surface area contributed by atoms with Crippen LogP contribution in [0.4, 0.5) is 15.8 Å². The first-order valence-electron chi connectivity index (χ1n) is 9.71. The summed E-state index contributed by atoms with van der Waals surface area (Å²) in [7, 11) is -2.29. The molecular weight excluding hydrogens is 435 g/mol. The highest BCUT2D eigenvalue weighted by Gasteiger charge is 2.16. The van der Waals surface area contributed by atoms with Gasteiger partial charge in [-0.25, -0.2) is 12.8 Å². The standard InChI is InChI=1S/C23H23FN2O5S/c1-16-15-21(11-12-22(16)24)32(28,29)26-19-5-3-17(4-6-19)23(27)25-18-7-9-20(10-8-18)31-14-13-30-2/h3-12,15,26H,13-14H2,1-2H3,(H,25,27). The Labute approximate surface area is 186 Å². The van der Waals surface area contributed by atoms with E-state index in [4.69, 9.17) is 9.47 Å². The first kappa shape index (κ1) is 23.2. The van der Waals surface area contributed by atoms with E-state index in [1.54, 1.807) is 31.4 Å². The molecule has 0 heterocycles. The van der Waals surface area contributed by atoms with Gasteiger partial charge in [0.25, 0.3) is 15.9 Å². The molecule has 168 valence electrons. The van der Waals surface area contributed by atoms with Gasteiger partial charge in [-0.3, -0.25) is 9.52 Å². The zero-order chi connectivity index (χ0) is 23.1. The smallest absolute Gasteiger partial charge is 0.261 e. The van der Waals surface area contributed by atoms with E-state index in [2.05, 4.69) is 10.0 Å². The lowest BCUT2D eigenvalue weighted by Crippen LogP contribution is -2.14. The second kappa shape index (κ2) is 10.3. The lowest BCUT2D eigenvalue weighted by molar-refractivity contribution is 0.102. The fourth-order valence-electron chi connectivity index (χ4n) is 2.77. The van der Waals surface area contributed by atoms with E-state index in [0.29, 0.717) is 30.2 Å². The zero-order valence-corrected chi connectivity index (χ0v) is 18.4. The predicted molar refractivity (Wildman–Crippen MR) is 120 cm³/mol. The third kappa shape index (κ3) is 6.05. The summed E-state index contributed by atoms with van der Waals surface area (Å²) in [4.78, 5) is 12.4. The van der Waals surface area contributed by atoms with Crippen LogP contribution in [0.3, 0.4) is 0 Å². The van der Waals surface area contributed by atoms with Gasteiger partial charge in [0.1, 0.15) is 18.2 Å². The van der Waals surface area contributed by atoms with E-state index in [9.17, 15) is 17.6 Å². The minimum Gasteiger partial charge on any atom is -0.491 e. The highest BCUT2D eigenvalue weighted by molar-refractivity contribution is 7.92. The normalized spacial score (nSPS) is 11.1. The van der Waals surface area contributed by atoms with Gasteiger partial charge >= 0.3 is 0 Å². The maximum absolute atomic E-state index is 13.4. The third-order valence-electron chi connectivity index (χ3n) is 4.51. The second-order valence-corrected chi connectivity index (χ2v) is 8.60. The Kier molecular flexibility index (Phi) is 7.45. The van der Waals surface area contributed by atoms with Crippen molar-refractivity contribution in [2.75, 3.05) is 30.4 Å². The first-order valence-corrected chi connectivity index (χ1v) is 11.2. The SMILES string of the molecule is COCCOc1ccc(NC(=O)c2ccc(NS(=O)(=O)c3ccc(F)c(C)c3)cc2)cc1. The molecule has 0 aliphatic rings. The van der Waals surface area contributed by atoms with Crippen molar-refractivity contribution in [1.82, 2.24) is 0 Å². The Balaban J connectivity index is 1.62. The molecule has 0 aromatic heterocycles. The van der Waals surface area contributed by atoms with Crippen LogP contribution >= 0.6 is 0 Å². The highest BCUT2D eigenvalue weighted by Crippen LogP contribution is 2.20. The van der Waals surface area contributed by atoms with Crippen molar-refractivity contribution in [1.29, 1.82) is 0 Å². The van der Waals surface area contributed by atoms with E-state index in [1.165, 1.54) is 43.3 Å². The number of sulfonamides is 1. The number of hydrogen-bond acceptors (Lipinski definition) is 5. The molecule has 3 rings (SSSR count). The number of amides is 1. The van der Waals surface area contributed by atoms with Crippen LogP contribution in [0.1, 0.15) is 15.9 Å². The number of carbonyl (C=O) groups excluding carboxylic acids is 1. The number of rotatable bonds is 9. The summed E-state index contributed by atoms with van der Waals surface area (Å²) in [5.74, 6) is -0.165. The van der Waals surface area contributed by atoms with Gasteiger partial charge in [-0.2, -0.15) is 0 Å². The van der Waals surface area contributed by atoms with Gasteiger partial charge < -0.3 is 14.8 Å². The molecule has 0 aliphatic carbocycles. The van der Waals surface area contributed by atoms with Gasteiger partial charge in [-0.05, 0) is 79.2 Å². The minimum atomic E-state index is -3.88. The van der Waals surface area contributed by atoms with Gasteiger partial charge in [0.05, 0.1) is 11.5 Å². The lowest BCUT2D eigenvalue weighted by atomic mass is 10.2. The van der Waals surface area contributed by atoms with Crippen molar-refractivity contribution >= 4 is 27.3 Å². The van der Waals surface area contributed by atoms with E-state index < -0.39 is 15.8 Å². The average molecular weight is 459 g/mol. The fraction of sp³-hybridized carbons (Fsp3) is 0.174. The molecule has 0 atom stereocenters. The largest absolute Gasteiger partial charge is 0.491 e. The number of carbonyl (C=O) groups is 1. The van der Waals surface area contributed by atoms with Crippen molar-refractivity contribution in [2.24, 2.45) is 0 Å². The van der Waals surface area contributed by atoms with Crippen LogP contribution in [0.2, 0.25) is 0 Å². The van der Waals surface area contributed by atoms with Crippen LogP contribution in [0, 0.1) is 12.7 Å². The molecule has 1 amide bonds. The number of anilines is 2. The van der Waals surface area contributed by atoms with Crippen molar-refractivity contribution in [3.8, 4) is 5.75 Å². The summed E-state index contributed by atoms with van der Waals surface area (Å²) in [5, 5.41) is 2.76. The molecule has 3 aromatic carbocycles. The molecule has 0 saturated carbocycles. The number of hydrogen-bond donors (Lipinski definition) is 2. The van der Waals surface area contributed by atoms with Crippen molar-refractivity contribution < 1.29 is 27.1 Å². The number of nitrogens with one attached hydrogen (secondary N) is 2. The summed E-state index contributed by atoms with van der Waals surface area (Å²) >= 11 is 0. The van der Waals surface area contributed by atoms with Crippen LogP contribution in [0.5, 0.6) is 5.75 Å². The number of ether oxygens (including phenoxy) is 2. The first-order chi connectivity index (χ1) is 15.3. The molecule has 0 spiro atoms. The molecule has 0 aliphatic heterocycles. The van der Waals surface area contributed by atoms with Crippen LogP contribution in [0.15, 0.2) is 71.6 Å². The van der Waals surface area contributed by atoms with Crippen molar-refractivity contribution in [2.45, 2.75) is 11.8 Å². The summed E-state index contributed by atoms with van der Waals surface area (Å²) in [6, 6.07) is 16.4. The third-order valence-corrected chi connectivity index (χ3v) is 5.89. The van der Waals surface area contributed by atoms with Crippen LogP contribution in [0.25, 0.3) is 0 Å². The van der Waals surface area contributed by atoms with Gasteiger partial charge in [-0.1, -0.05) is 0 Å². The summed E-state index contributed by atoms with van der Waals surface area (Å²) in [6.07, 6.45) is 0. The quantitative estimate of drug-likeness (QED) is 0.469. The summed E-state index contributed by atoms with van der Waals surface area (Å²) in [6.45, 7) is 2.40. The molecule has 0 fully saturated rings. The molecule has 0 unspecified atom stereocenters. The molecule has 0 bridgehead atoms. The molecular formula is C23H23FN2O5S. The topological polar surface area (TPSA) is 93.7 Å². The van der Waals surface area contributed by atoms with Crippen molar-refractivity contribution in [3.05, 3.63) is 83.7 Å².